The van der Waals surface area contributed by atoms with Crippen molar-refractivity contribution in [1.29, 1.82) is 0 Å². The molecule has 1 aromatic heterocycles. The number of rotatable bonds is 8. The lowest BCUT2D eigenvalue weighted by Crippen LogP contribution is -2.29. The second-order valence-corrected chi connectivity index (χ2v) is 10.6. The normalized spacial score (nSPS) is 15.8. The van der Waals surface area contributed by atoms with Crippen LogP contribution in [0.5, 0.6) is 17.2 Å². The summed E-state index contributed by atoms with van der Waals surface area (Å²) in [6.45, 7) is 4.25. The summed E-state index contributed by atoms with van der Waals surface area (Å²) >= 11 is 0. The number of amides is 1. The van der Waals surface area contributed by atoms with Crippen molar-refractivity contribution in [2.24, 2.45) is 0 Å². The van der Waals surface area contributed by atoms with Gasteiger partial charge in [0.15, 0.2) is 0 Å². The van der Waals surface area contributed by atoms with Crippen molar-refractivity contribution in [3.8, 4) is 17.2 Å². The van der Waals surface area contributed by atoms with Gasteiger partial charge in [-0.3, -0.25) is 19.5 Å². The Kier molecular flexibility index (Phi) is 7.93. The summed E-state index contributed by atoms with van der Waals surface area (Å²) in [5.74, 6) is 0.143. The van der Waals surface area contributed by atoms with Crippen LogP contribution in [0.1, 0.15) is 33.9 Å². The molecular weight excluding hydrogens is 552 g/mol. The average molecular weight is 583 g/mol. The van der Waals surface area contributed by atoms with Crippen molar-refractivity contribution in [1.82, 2.24) is 4.98 Å². The zero-order valence-electron chi connectivity index (χ0n) is 24.3. The van der Waals surface area contributed by atoms with Gasteiger partial charge in [-0.1, -0.05) is 48.5 Å². The van der Waals surface area contributed by atoms with Gasteiger partial charge in [0.1, 0.15) is 29.6 Å². The van der Waals surface area contributed by atoms with Gasteiger partial charge in [0, 0.05) is 23.6 Å². The van der Waals surface area contributed by atoms with Crippen LogP contribution >= 0.6 is 0 Å². The monoisotopic (exact) mass is 582 g/mol. The van der Waals surface area contributed by atoms with E-state index in [-0.39, 0.29) is 11.3 Å². The molecule has 0 saturated carbocycles. The van der Waals surface area contributed by atoms with E-state index >= 15 is 0 Å². The van der Waals surface area contributed by atoms with E-state index in [2.05, 4.69) is 4.98 Å². The minimum absolute atomic E-state index is 0.0135. The van der Waals surface area contributed by atoms with Gasteiger partial charge in [0.05, 0.1) is 11.6 Å². The Bertz CT molecular complexity index is 1850. The second-order valence-electron chi connectivity index (χ2n) is 10.6. The first-order chi connectivity index (χ1) is 21.4. The van der Waals surface area contributed by atoms with E-state index in [1.54, 1.807) is 67.0 Å². The Hall–Kier alpha value is -5.69. The Morgan fingerprint density at radius 2 is 1.64 bits per heavy atom. The molecule has 7 nitrogen and oxygen atoms in total. The van der Waals surface area contributed by atoms with E-state index in [0.29, 0.717) is 40.7 Å². The number of Topliss-reactive ketones (excluding diaryl/α,β-unsaturated/α-hetero) is 1. The molecule has 5 aromatic rings. The minimum atomic E-state index is -0.887. The molecule has 0 radical (unpaired) electrons. The van der Waals surface area contributed by atoms with E-state index in [0.717, 1.165) is 16.7 Å². The molecule has 1 N–H and O–H groups in total. The average Bonchev–Trinajstić information content (AvgIpc) is 3.31. The first-order valence-electron chi connectivity index (χ1n) is 14.2. The van der Waals surface area contributed by atoms with Crippen LogP contribution in [-0.4, -0.2) is 21.8 Å². The fourth-order valence-corrected chi connectivity index (χ4v) is 5.29. The Balaban J connectivity index is 1.33. The van der Waals surface area contributed by atoms with Gasteiger partial charge in [0.2, 0.25) is 0 Å². The van der Waals surface area contributed by atoms with Crippen LogP contribution in [0.2, 0.25) is 0 Å². The number of pyridine rings is 1. The topological polar surface area (TPSA) is 89.0 Å². The van der Waals surface area contributed by atoms with E-state index in [1.807, 2.05) is 68.4 Å². The van der Waals surface area contributed by atoms with Crippen LogP contribution in [0.15, 0.2) is 127 Å². The van der Waals surface area contributed by atoms with Crippen molar-refractivity contribution in [3.05, 3.63) is 155 Å². The van der Waals surface area contributed by atoms with Crippen molar-refractivity contribution in [3.63, 3.8) is 0 Å². The number of aliphatic hydroxyl groups excluding tert-OH is 1. The lowest BCUT2D eigenvalue weighted by Gasteiger charge is -2.25. The number of hydrogen-bond acceptors (Lipinski definition) is 6. The molecule has 4 aromatic carbocycles. The molecule has 1 aliphatic heterocycles. The minimum Gasteiger partial charge on any atom is -0.507 e. The zero-order valence-corrected chi connectivity index (χ0v) is 24.3. The van der Waals surface area contributed by atoms with E-state index in [1.165, 1.54) is 4.90 Å². The molecule has 0 aliphatic carbocycles. The van der Waals surface area contributed by atoms with Crippen LogP contribution in [0, 0.1) is 13.8 Å². The highest BCUT2D eigenvalue weighted by Crippen LogP contribution is 2.42. The number of aliphatic hydroxyl groups is 1. The lowest BCUT2D eigenvalue weighted by atomic mass is 9.95. The van der Waals surface area contributed by atoms with Gasteiger partial charge in [0.25, 0.3) is 11.7 Å². The highest BCUT2D eigenvalue weighted by Gasteiger charge is 2.47. The number of ketones is 1. The van der Waals surface area contributed by atoms with Gasteiger partial charge in [-0.15, -0.1) is 0 Å². The summed E-state index contributed by atoms with van der Waals surface area (Å²) in [5.41, 5.74) is 4.35. The van der Waals surface area contributed by atoms with Crippen molar-refractivity contribution >= 4 is 23.1 Å². The summed E-state index contributed by atoms with van der Waals surface area (Å²) in [7, 11) is 0. The number of anilines is 1. The summed E-state index contributed by atoms with van der Waals surface area (Å²) in [5, 5.41) is 11.6. The Labute approximate surface area is 255 Å². The molecule has 0 bridgehead atoms. The van der Waals surface area contributed by atoms with E-state index < -0.39 is 17.7 Å². The Morgan fingerprint density at radius 3 is 2.34 bits per heavy atom. The lowest BCUT2D eigenvalue weighted by molar-refractivity contribution is -0.132. The molecule has 1 unspecified atom stereocenters. The third-order valence-electron chi connectivity index (χ3n) is 7.47. The third kappa shape index (κ3) is 5.80. The maximum atomic E-state index is 13.6. The molecule has 7 heteroatoms. The SMILES string of the molecule is Cc1cccc(Oc2ccc(N3C(=O)C(=O)/C(=C(\O)c4ccc(OCc5ccccc5)c(C)c4)C3c3cccnc3)cc2)c1. The zero-order chi connectivity index (χ0) is 30.6. The molecule has 1 amide bonds. The van der Waals surface area contributed by atoms with Gasteiger partial charge >= 0.3 is 0 Å². The number of nitrogens with zero attached hydrogens (tertiary/aromatic N) is 2. The highest BCUT2D eigenvalue weighted by atomic mass is 16.5. The van der Waals surface area contributed by atoms with Crippen LogP contribution < -0.4 is 14.4 Å². The maximum absolute atomic E-state index is 13.6. The van der Waals surface area contributed by atoms with Crippen molar-refractivity contribution < 1.29 is 24.2 Å². The van der Waals surface area contributed by atoms with Crippen molar-refractivity contribution in [2.45, 2.75) is 26.5 Å². The quantitative estimate of drug-likeness (QED) is 0.115. The van der Waals surface area contributed by atoms with Gasteiger partial charge < -0.3 is 14.6 Å². The largest absolute Gasteiger partial charge is 0.507 e. The Morgan fingerprint density at radius 1 is 0.841 bits per heavy atom. The molecule has 1 atom stereocenters. The highest BCUT2D eigenvalue weighted by molar-refractivity contribution is 6.51. The predicted molar refractivity (Wildman–Crippen MR) is 169 cm³/mol. The van der Waals surface area contributed by atoms with Crippen LogP contribution in [-0.2, 0) is 16.2 Å². The van der Waals surface area contributed by atoms with Gasteiger partial charge in [-0.25, -0.2) is 0 Å². The number of carbonyl (C=O) groups is 2. The fourth-order valence-electron chi connectivity index (χ4n) is 5.29. The smallest absolute Gasteiger partial charge is 0.300 e. The molecule has 1 fully saturated rings. The van der Waals surface area contributed by atoms with E-state index in [4.69, 9.17) is 9.47 Å². The maximum Gasteiger partial charge on any atom is 0.300 e. The first-order valence-corrected chi connectivity index (χ1v) is 14.2. The molecule has 0 spiro atoms. The van der Waals surface area contributed by atoms with Gasteiger partial charge in [-0.2, -0.15) is 0 Å². The molecular formula is C37H30N2O5. The summed E-state index contributed by atoms with van der Waals surface area (Å²) in [6, 6.07) is 32.3. The third-order valence-corrected chi connectivity index (χ3v) is 7.47. The number of hydrogen-bond donors (Lipinski definition) is 1. The number of carbonyl (C=O) groups excluding carboxylic acids is 2. The van der Waals surface area contributed by atoms with Crippen molar-refractivity contribution in [2.75, 3.05) is 4.90 Å². The molecule has 2 heterocycles. The summed E-state index contributed by atoms with van der Waals surface area (Å²) < 4.78 is 12.0. The number of aryl methyl sites for hydroxylation is 2. The standard InChI is InChI=1S/C37H30N2O5/c1-24-8-6-12-31(20-24)44-30-16-14-29(15-17-30)39-34(28-11-7-19-38-22-28)33(36(41)37(39)42)35(40)27-13-18-32(25(2)21-27)43-23-26-9-4-3-5-10-26/h3-22,34,40H,23H2,1-2H3/b35-33-. The molecule has 6 rings (SSSR count). The molecule has 1 aliphatic rings. The number of ether oxygens (including phenoxy) is 2. The van der Waals surface area contributed by atoms with Crippen LogP contribution in [0.4, 0.5) is 5.69 Å². The molecule has 1 saturated heterocycles. The van der Waals surface area contributed by atoms with Gasteiger partial charge in [-0.05, 0) is 96.8 Å². The first kappa shape index (κ1) is 28.4. The molecule has 218 valence electrons. The summed E-state index contributed by atoms with van der Waals surface area (Å²) in [4.78, 5) is 32.7. The van der Waals surface area contributed by atoms with E-state index in [9.17, 15) is 14.7 Å². The second kappa shape index (κ2) is 12.3. The fraction of sp³-hybridized carbons (Fsp3) is 0.108. The molecule has 44 heavy (non-hydrogen) atoms. The number of benzene rings is 4. The summed E-state index contributed by atoms with van der Waals surface area (Å²) in [6.07, 6.45) is 3.21. The van der Waals surface area contributed by atoms with Crippen LogP contribution in [0.25, 0.3) is 5.76 Å². The van der Waals surface area contributed by atoms with Crippen LogP contribution in [0.3, 0.4) is 0 Å². The number of aromatic nitrogens is 1. The predicted octanol–water partition coefficient (Wildman–Crippen LogP) is 7.70.